The first-order chi connectivity index (χ1) is 10.4. The van der Waals surface area contributed by atoms with E-state index < -0.39 is 5.60 Å². The summed E-state index contributed by atoms with van der Waals surface area (Å²) in [7, 11) is 0. The zero-order valence-corrected chi connectivity index (χ0v) is 14.3. The largest absolute Gasteiger partial charge is 0.444 e. The van der Waals surface area contributed by atoms with E-state index in [2.05, 4.69) is 10.6 Å². The fourth-order valence-electron chi connectivity index (χ4n) is 3.18. The maximum absolute atomic E-state index is 11.8. The Labute approximate surface area is 134 Å². The SMILES string of the molecule is CC(C)(C)OC(=O)NC1CCC(NCC2CCCCO2)CC1. The molecular formula is C17H32N2O3. The van der Waals surface area contributed by atoms with Crippen molar-refractivity contribution in [1.29, 1.82) is 0 Å². The second-order valence-electron chi connectivity index (χ2n) is 7.59. The number of carbonyl (C=O) groups excluding carboxylic acids is 1. The number of alkyl carbamates (subject to hydrolysis) is 1. The van der Waals surface area contributed by atoms with Crippen LogP contribution < -0.4 is 10.6 Å². The monoisotopic (exact) mass is 312 g/mol. The van der Waals surface area contributed by atoms with E-state index in [0.717, 1.165) is 38.8 Å². The third-order valence-corrected chi connectivity index (χ3v) is 4.36. The van der Waals surface area contributed by atoms with Gasteiger partial charge in [0.1, 0.15) is 5.60 Å². The predicted octanol–water partition coefficient (Wildman–Crippen LogP) is 2.98. The Hall–Kier alpha value is -0.810. The van der Waals surface area contributed by atoms with Crippen LogP contribution in [-0.2, 0) is 9.47 Å². The van der Waals surface area contributed by atoms with Gasteiger partial charge in [0.25, 0.3) is 0 Å². The maximum Gasteiger partial charge on any atom is 0.407 e. The van der Waals surface area contributed by atoms with E-state index in [-0.39, 0.29) is 12.1 Å². The summed E-state index contributed by atoms with van der Waals surface area (Å²) >= 11 is 0. The minimum Gasteiger partial charge on any atom is -0.444 e. The zero-order valence-electron chi connectivity index (χ0n) is 14.3. The number of hydrogen-bond acceptors (Lipinski definition) is 4. The van der Waals surface area contributed by atoms with Gasteiger partial charge in [-0.3, -0.25) is 0 Å². The molecule has 2 N–H and O–H groups in total. The van der Waals surface area contributed by atoms with E-state index in [1.54, 1.807) is 0 Å². The van der Waals surface area contributed by atoms with Gasteiger partial charge in [0.15, 0.2) is 0 Å². The maximum atomic E-state index is 11.8. The van der Waals surface area contributed by atoms with Gasteiger partial charge in [-0.05, 0) is 65.7 Å². The molecule has 0 radical (unpaired) electrons. The van der Waals surface area contributed by atoms with Crippen molar-refractivity contribution in [3.8, 4) is 0 Å². The van der Waals surface area contributed by atoms with Gasteiger partial charge in [-0.1, -0.05) is 0 Å². The van der Waals surface area contributed by atoms with Crippen LogP contribution >= 0.6 is 0 Å². The number of carbonyl (C=O) groups is 1. The van der Waals surface area contributed by atoms with Gasteiger partial charge in [-0.2, -0.15) is 0 Å². The summed E-state index contributed by atoms with van der Waals surface area (Å²) in [6.45, 7) is 7.55. The predicted molar refractivity (Wildman–Crippen MR) is 87.0 cm³/mol. The van der Waals surface area contributed by atoms with E-state index in [9.17, 15) is 4.79 Å². The number of rotatable bonds is 4. The molecule has 1 saturated heterocycles. The lowest BCUT2D eigenvalue weighted by Gasteiger charge is -2.32. The lowest BCUT2D eigenvalue weighted by atomic mass is 9.91. The highest BCUT2D eigenvalue weighted by atomic mass is 16.6. The van der Waals surface area contributed by atoms with E-state index in [0.29, 0.717) is 12.1 Å². The Morgan fingerprint density at radius 2 is 1.77 bits per heavy atom. The topological polar surface area (TPSA) is 59.6 Å². The molecule has 1 aliphatic carbocycles. The van der Waals surface area contributed by atoms with Gasteiger partial charge < -0.3 is 20.1 Å². The summed E-state index contributed by atoms with van der Waals surface area (Å²) in [5.41, 5.74) is -0.428. The van der Waals surface area contributed by atoms with Crippen molar-refractivity contribution in [2.24, 2.45) is 0 Å². The van der Waals surface area contributed by atoms with Crippen LogP contribution in [0.1, 0.15) is 65.7 Å². The summed E-state index contributed by atoms with van der Waals surface area (Å²) < 4.78 is 11.1. The molecule has 2 fully saturated rings. The highest BCUT2D eigenvalue weighted by Gasteiger charge is 2.25. The van der Waals surface area contributed by atoms with Crippen LogP contribution in [0.5, 0.6) is 0 Å². The molecule has 1 aliphatic heterocycles. The second-order valence-corrected chi connectivity index (χ2v) is 7.59. The minimum atomic E-state index is -0.428. The van der Waals surface area contributed by atoms with Crippen LogP contribution in [0.3, 0.4) is 0 Å². The summed E-state index contributed by atoms with van der Waals surface area (Å²) in [5, 5.41) is 6.62. The molecule has 1 heterocycles. The normalized spacial score (nSPS) is 29.9. The fraction of sp³-hybridized carbons (Fsp3) is 0.941. The summed E-state index contributed by atoms with van der Waals surface area (Å²) in [5.74, 6) is 0. The first-order valence-electron chi connectivity index (χ1n) is 8.77. The third kappa shape index (κ3) is 6.53. The quantitative estimate of drug-likeness (QED) is 0.838. The fourth-order valence-corrected chi connectivity index (χ4v) is 3.18. The van der Waals surface area contributed by atoms with Crippen molar-refractivity contribution < 1.29 is 14.3 Å². The van der Waals surface area contributed by atoms with Gasteiger partial charge in [-0.15, -0.1) is 0 Å². The zero-order chi connectivity index (χ0) is 16.0. The van der Waals surface area contributed by atoms with E-state index >= 15 is 0 Å². The van der Waals surface area contributed by atoms with Crippen LogP contribution in [-0.4, -0.2) is 43.0 Å². The molecule has 5 heteroatoms. The Kier molecular flexibility index (Phi) is 6.50. The molecule has 2 rings (SSSR count). The van der Waals surface area contributed by atoms with Crippen LogP contribution in [0, 0.1) is 0 Å². The van der Waals surface area contributed by atoms with Crippen LogP contribution in [0.15, 0.2) is 0 Å². The number of nitrogens with one attached hydrogen (secondary N) is 2. The molecule has 128 valence electrons. The summed E-state index contributed by atoms with van der Waals surface area (Å²) in [6, 6.07) is 0.807. The van der Waals surface area contributed by atoms with Gasteiger partial charge >= 0.3 is 6.09 Å². The molecule has 22 heavy (non-hydrogen) atoms. The van der Waals surface area contributed by atoms with Crippen LogP contribution in [0.25, 0.3) is 0 Å². The van der Waals surface area contributed by atoms with Gasteiger partial charge in [-0.25, -0.2) is 4.79 Å². The second kappa shape index (κ2) is 8.16. The molecule has 0 bridgehead atoms. The summed E-state index contributed by atoms with van der Waals surface area (Å²) in [6.07, 6.45) is 8.02. The lowest BCUT2D eigenvalue weighted by Crippen LogP contribution is -2.45. The number of ether oxygens (including phenoxy) is 2. The lowest BCUT2D eigenvalue weighted by molar-refractivity contribution is 0.0144. The van der Waals surface area contributed by atoms with Crippen molar-refractivity contribution in [3.05, 3.63) is 0 Å². The number of amides is 1. The molecule has 1 saturated carbocycles. The van der Waals surface area contributed by atoms with Crippen molar-refractivity contribution in [2.45, 2.75) is 89.5 Å². The highest BCUT2D eigenvalue weighted by Crippen LogP contribution is 2.20. The third-order valence-electron chi connectivity index (χ3n) is 4.36. The minimum absolute atomic E-state index is 0.249. The highest BCUT2D eigenvalue weighted by molar-refractivity contribution is 5.68. The molecule has 0 aromatic rings. The van der Waals surface area contributed by atoms with Gasteiger partial charge in [0, 0.05) is 25.2 Å². The average molecular weight is 312 g/mol. The van der Waals surface area contributed by atoms with Crippen molar-refractivity contribution >= 4 is 6.09 Å². The molecule has 1 amide bonds. The molecular weight excluding hydrogens is 280 g/mol. The molecule has 5 nitrogen and oxygen atoms in total. The molecule has 0 aromatic heterocycles. The van der Waals surface area contributed by atoms with Crippen molar-refractivity contribution in [1.82, 2.24) is 10.6 Å². The Morgan fingerprint density at radius 1 is 1.09 bits per heavy atom. The molecule has 1 unspecified atom stereocenters. The van der Waals surface area contributed by atoms with E-state index in [1.807, 2.05) is 20.8 Å². The summed E-state index contributed by atoms with van der Waals surface area (Å²) in [4.78, 5) is 11.8. The molecule has 1 atom stereocenters. The standard InChI is InChI=1S/C17H32N2O3/c1-17(2,3)22-16(20)19-14-9-7-13(8-10-14)18-12-15-6-4-5-11-21-15/h13-15,18H,4-12H2,1-3H3,(H,19,20). The van der Waals surface area contributed by atoms with Crippen molar-refractivity contribution in [3.63, 3.8) is 0 Å². The Balaban J connectivity index is 1.60. The van der Waals surface area contributed by atoms with Crippen LogP contribution in [0.4, 0.5) is 4.79 Å². The Bertz CT molecular complexity index is 340. The van der Waals surface area contributed by atoms with Crippen LogP contribution in [0.2, 0.25) is 0 Å². The molecule has 0 aromatic carbocycles. The average Bonchev–Trinajstić information content (AvgIpc) is 2.45. The smallest absolute Gasteiger partial charge is 0.407 e. The first-order valence-corrected chi connectivity index (χ1v) is 8.77. The molecule has 0 spiro atoms. The first kappa shape index (κ1) is 17.5. The van der Waals surface area contributed by atoms with Gasteiger partial charge in [0.05, 0.1) is 6.10 Å². The number of hydrogen-bond donors (Lipinski definition) is 2. The van der Waals surface area contributed by atoms with Crippen molar-refractivity contribution in [2.75, 3.05) is 13.2 Å². The molecule has 2 aliphatic rings. The Morgan fingerprint density at radius 3 is 2.36 bits per heavy atom. The van der Waals surface area contributed by atoms with E-state index in [4.69, 9.17) is 9.47 Å². The van der Waals surface area contributed by atoms with Gasteiger partial charge in [0.2, 0.25) is 0 Å². The van der Waals surface area contributed by atoms with E-state index in [1.165, 1.54) is 19.3 Å².